The third-order valence-electron chi connectivity index (χ3n) is 2.52. The maximum absolute atomic E-state index is 11.5. The molecule has 1 rings (SSSR count). The molecule has 1 amide bonds. The lowest BCUT2D eigenvalue weighted by atomic mass is 10.2. The molecule has 2 N–H and O–H groups in total. The molecule has 1 aromatic rings. The second kappa shape index (κ2) is 8.27. The lowest BCUT2D eigenvalue weighted by molar-refractivity contribution is -0.123. The van der Waals surface area contributed by atoms with Crippen molar-refractivity contribution in [1.82, 2.24) is 10.6 Å². The maximum Gasteiger partial charge on any atom is 0.258 e. The minimum atomic E-state index is -0.113. The molecule has 1 aromatic carbocycles. The van der Waals surface area contributed by atoms with Crippen molar-refractivity contribution in [2.45, 2.75) is 46.3 Å². The van der Waals surface area contributed by atoms with Gasteiger partial charge in [0.2, 0.25) is 0 Å². The summed E-state index contributed by atoms with van der Waals surface area (Å²) in [6.45, 7) is 8.90. The Labute approximate surface area is 129 Å². The number of rotatable bonds is 7. The number of carbonyl (C=O) groups excluding carboxylic acids is 1. The number of carbonyl (C=O) groups is 1. The minimum absolute atomic E-state index is 0.0281. The van der Waals surface area contributed by atoms with E-state index in [1.54, 1.807) is 0 Å². The number of nitrogens with one attached hydrogen (secondary N) is 2. The highest BCUT2D eigenvalue weighted by Crippen LogP contribution is 2.26. The SMILES string of the molecule is CC(C)NCc1ccc(OCC(=O)NC(C)C)c(Br)c1. The minimum Gasteiger partial charge on any atom is -0.483 e. The molecule has 0 atom stereocenters. The van der Waals surface area contributed by atoms with Crippen molar-refractivity contribution in [3.63, 3.8) is 0 Å². The number of halogens is 1. The van der Waals surface area contributed by atoms with Crippen molar-refractivity contribution in [3.8, 4) is 5.75 Å². The van der Waals surface area contributed by atoms with E-state index < -0.39 is 0 Å². The fraction of sp³-hybridized carbons (Fsp3) is 0.533. The molecule has 4 nitrogen and oxygen atoms in total. The predicted octanol–water partition coefficient (Wildman–Crippen LogP) is 2.85. The van der Waals surface area contributed by atoms with Crippen LogP contribution in [0.1, 0.15) is 33.3 Å². The van der Waals surface area contributed by atoms with Crippen LogP contribution in [-0.4, -0.2) is 24.6 Å². The van der Waals surface area contributed by atoms with Crippen molar-refractivity contribution in [2.75, 3.05) is 6.61 Å². The first-order valence-corrected chi connectivity index (χ1v) is 7.61. The normalized spacial score (nSPS) is 10.9. The Morgan fingerprint density at radius 1 is 1.25 bits per heavy atom. The molecule has 0 bridgehead atoms. The summed E-state index contributed by atoms with van der Waals surface area (Å²) in [5, 5.41) is 6.14. The Hall–Kier alpha value is -1.07. The zero-order valence-electron chi connectivity index (χ0n) is 12.5. The summed E-state index contributed by atoms with van der Waals surface area (Å²) in [5.41, 5.74) is 1.17. The average molecular weight is 343 g/mol. The number of amides is 1. The van der Waals surface area contributed by atoms with Gasteiger partial charge in [-0.2, -0.15) is 0 Å². The van der Waals surface area contributed by atoms with Gasteiger partial charge in [0.25, 0.3) is 5.91 Å². The van der Waals surface area contributed by atoms with Crippen LogP contribution in [0.2, 0.25) is 0 Å². The molecular formula is C15H23BrN2O2. The van der Waals surface area contributed by atoms with Crippen LogP contribution in [0.5, 0.6) is 5.75 Å². The molecule has 0 aliphatic carbocycles. The highest BCUT2D eigenvalue weighted by Gasteiger charge is 2.07. The number of hydrogen-bond acceptors (Lipinski definition) is 3. The van der Waals surface area contributed by atoms with Gasteiger partial charge in [0.1, 0.15) is 5.75 Å². The Balaban J connectivity index is 2.53. The highest BCUT2D eigenvalue weighted by atomic mass is 79.9. The van der Waals surface area contributed by atoms with Crippen LogP contribution in [0.3, 0.4) is 0 Å². The van der Waals surface area contributed by atoms with Gasteiger partial charge in [-0.15, -0.1) is 0 Å². The first-order chi connectivity index (χ1) is 9.38. The first kappa shape index (κ1) is 17.0. The van der Waals surface area contributed by atoms with E-state index >= 15 is 0 Å². The summed E-state index contributed by atoms with van der Waals surface area (Å²) in [5.74, 6) is 0.564. The summed E-state index contributed by atoms with van der Waals surface area (Å²) >= 11 is 3.47. The molecule has 0 spiro atoms. The van der Waals surface area contributed by atoms with Crippen LogP contribution in [-0.2, 0) is 11.3 Å². The zero-order chi connectivity index (χ0) is 15.1. The summed E-state index contributed by atoms with van der Waals surface area (Å²) in [6, 6.07) is 6.45. The van der Waals surface area contributed by atoms with Gasteiger partial charge in [-0.1, -0.05) is 19.9 Å². The molecular weight excluding hydrogens is 320 g/mol. The van der Waals surface area contributed by atoms with Crippen molar-refractivity contribution < 1.29 is 9.53 Å². The summed E-state index contributed by atoms with van der Waals surface area (Å²) < 4.78 is 6.36. The topological polar surface area (TPSA) is 50.4 Å². The Bertz CT molecular complexity index is 447. The lowest BCUT2D eigenvalue weighted by Crippen LogP contribution is -2.34. The van der Waals surface area contributed by atoms with Gasteiger partial charge in [-0.25, -0.2) is 0 Å². The van der Waals surface area contributed by atoms with Gasteiger partial charge in [0.05, 0.1) is 4.47 Å². The van der Waals surface area contributed by atoms with Gasteiger partial charge >= 0.3 is 0 Å². The van der Waals surface area contributed by atoms with Crippen molar-refractivity contribution in [1.29, 1.82) is 0 Å². The van der Waals surface area contributed by atoms with E-state index in [1.807, 2.05) is 32.0 Å². The fourth-order valence-corrected chi connectivity index (χ4v) is 2.14. The van der Waals surface area contributed by atoms with Gasteiger partial charge in [-0.05, 0) is 47.5 Å². The van der Waals surface area contributed by atoms with Crippen LogP contribution in [0.25, 0.3) is 0 Å². The molecule has 112 valence electrons. The van der Waals surface area contributed by atoms with Crippen LogP contribution in [0, 0.1) is 0 Å². The monoisotopic (exact) mass is 342 g/mol. The van der Waals surface area contributed by atoms with Gasteiger partial charge < -0.3 is 15.4 Å². The number of ether oxygens (including phenoxy) is 1. The van der Waals surface area contributed by atoms with Gasteiger partial charge in [-0.3, -0.25) is 4.79 Å². The third kappa shape index (κ3) is 6.39. The molecule has 20 heavy (non-hydrogen) atoms. The van der Waals surface area contributed by atoms with Crippen LogP contribution in [0.15, 0.2) is 22.7 Å². The highest BCUT2D eigenvalue weighted by molar-refractivity contribution is 9.10. The van der Waals surface area contributed by atoms with E-state index in [1.165, 1.54) is 5.56 Å². The second-order valence-electron chi connectivity index (χ2n) is 5.31. The molecule has 5 heteroatoms. The van der Waals surface area contributed by atoms with E-state index in [4.69, 9.17) is 4.74 Å². The van der Waals surface area contributed by atoms with E-state index in [9.17, 15) is 4.79 Å². The predicted molar refractivity (Wildman–Crippen MR) is 84.9 cm³/mol. The molecule has 0 fully saturated rings. The largest absolute Gasteiger partial charge is 0.483 e. The van der Waals surface area contributed by atoms with Gasteiger partial charge in [0, 0.05) is 18.6 Å². The number of benzene rings is 1. The van der Waals surface area contributed by atoms with Crippen LogP contribution in [0.4, 0.5) is 0 Å². The quantitative estimate of drug-likeness (QED) is 0.800. The Kier molecular flexibility index (Phi) is 7.02. The van der Waals surface area contributed by atoms with Crippen molar-refractivity contribution >= 4 is 21.8 Å². The molecule has 0 aliphatic heterocycles. The number of hydrogen-bond donors (Lipinski definition) is 2. The lowest BCUT2D eigenvalue weighted by Gasteiger charge is -2.12. The molecule has 0 heterocycles. The van der Waals surface area contributed by atoms with E-state index in [2.05, 4.69) is 40.4 Å². The van der Waals surface area contributed by atoms with E-state index in [-0.39, 0.29) is 18.6 Å². The average Bonchev–Trinajstić information content (AvgIpc) is 2.34. The van der Waals surface area contributed by atoms with Crippen LogP contribution >= 0.6 is 15.9 Å². The third-order valence-corrected chi connectivity index (χ3v) is 3.14. The van der Waals surface area contributed by atoms with E-state index in [0.717, 1.165) is 11.0 Å². The van der Waals surface area contributed by atoms with Crippen molar-refractivity contribution in [3.05, 3.63) is 28.2 Å². The zero-order valence-corrected chi connectivity index (χ0v) is 14.1. The summed E-state index contributed by atoms with van der Waals surface area (Å²) in [6.07, 6.45) is 0. The summed E-state index contributed by atoms with van der Waals surface area (Å²) in [4.78, 5) is 11.5. The summed E-state index contributed by atoms with van der Waals surface area (Å²) in [7, 11) is 0. The molecule has 0 saturated heterocycles. The first-order valence-electron chi connectivity index (χ1n) is 6.82. The van der Waals surface area contributed by atoms with E-state index in [0.29, 0.717) is 11.8 Å². The standard InChI is InChI=1S/C15H23BrN2O2/c1-10(2)17-8-12-5-6-14(13(16)7-12)20-9-15(19)18-11(3)4/h5-7,10-11,17H,8-9H2,1-4H3,(H,18,19). The molecule has 0 aliphatic rings. The molecule has 0 aromatic heterocycles. The maximum atomic E-state index is 11.5. The second-order valence-corrected chi connectivity index (χ2v) is 6.17. The molecule has 0 radical (unpaired) electrons. The Morgan fingerprint density at radius 3 is 2.50 bits per heavy atom. The van der Waals surface area contributed by atoms with Crippen LogP contribution < -0.4 is 15.4 Å². The fourth-order valence-electron chi connectivity index (χ4n) is 1.60. The smallest absolute Gasteiger partial charge is 0.258 e. The Morgan fingerprint density at radius 2 is 1.95 bits per heavy atom. The van der Waals surface area contributed by atoms with Crippen molar-refractivity contribution in [2.24, 2.45) is 0 Å². The molecule has 0 saturated carbocycles. The van der Waals surface area contributed by atoms with Gasteiger partial charge in [0.15, 0.2) is 6.61 Å². The molecule has 0 unspecified atom stereocenters.